The van der Waals surface area contributed by atoms with E-state index in [-0.39, 0.29) is 0 Å². The van der Waals surface area contributed by atoms with Crippen LogP contribution in [0.15, 0.2) is 12.4 Å². The van der Waals surface area contributed by atoms with Crippen molar-refractivity contribution in [2.45, 2.75) is 59.1 Å². The second kappa shape index (κ2) is 8.64. The van der Waals surface area contributed by atoms with Gasteiger partial charge in [-0.3, -0.25) is 4.68 Å². The van der Waals surface area contributed by atoms with Gasteiger partial charge in [0.05, 0.1) is 22.3 Å². The minimum atomic E-state index is -1.18. The number of piperidine rings is 1. The second-order valence-corrected chi connectivity index (χ2v) is 17.1. The average Bonchev–Trinajstić information content (AvgIpc) is 3.05. The van der Waals surface area contributed by atoms with Gasteiger partial charge >= 0.3 is 0 Å². The second-order valence-electron chi connectivity index (χ2n) is 11.5. The highest BCUT2D eigenvalue weighted by molar-refractivity contribution is 6.76. The molecular weight excluding hydrogens is 456 g/mol. The van der Waals surface area contributed by atoms with Gasteiger partial charge in [0.1, 0.15) is 18.6 Å². The van der Waals surface area contributed by atoms with Gasteiger partial charge in [-0.25, -0.2) is 0 Å². The Kier molecular flexibility index (Phi) is 5.88. The third-order valence-corrected chi connectivity index (χ3v) is 9.32. The van der Waals surface area contributed by atoms with Crippen LogP contribution in [-0.4, -0.2) is 52.1 Å². The van der Waals surface area contributed by atoms with Gasteiger partial charge in [-0.1, -0.05) is 26.6 Å². The Balaban J connectivity index is 1.53. The fraction of sp³-hybridized carbons (Fsp3) is 0.600. The lowest BCUT2D eigenvalue weighted by molar-refractivity contribution is 0.0898. The number of ether oxygens (including phenoxy) is 1. The quantitative estimate of drug-likeness (QED) is 0.343. The van der Waals surface area contributed by atoms with Gasteiger partial charge in [-0.05, 0) is 37.1 Å². The first kappa shape index (κ1) is 23.8. The molecule has 2 atom stereocenters. The van der Waals surface area contributed by atoms with Crippen molar-refractivity contribution >= 4 is 36.6 Å². The summed E-state index contributed by atoms with van der Waals surface area (Å²) in [5.74, 6) is 2.07. The molecular formula is C25H36N8OSi. The number of anilines is 3. The molecule has 0 radical (unpaired) electrons. The van der Waals surface area contributed by atoms with Gasteiger partial charge in [-0.2, -0.15) is 20.3 Å². The smallest absolute Gasteiger partial charge is 0.231 e. The molecule has 5 rings (SSSR count). The van der Waals surface area contributed by atoms with E-state index < -0.39 is 8.07 Å². The molecule has 0 bridgehead atoms. The number of nitriles is 1. The molecule has 1 aliphatic carbocycles. The monoisotopic (exact) mass is 492 g/mol. The summed E-state index contributed by atoms with van der Waals surface area (Å²) < 4.78 is 9.78. The molecule has 3 aromatic heterocycles. The summed E-state index contributed by atoms with van der Waals surface area (Å²) in [4.78, 5) is 12.2. The first-order valence-corrected chi connectivity index (χ1v) is 16.2. The van der Waals surface area contributed by atoms with Crippen LogP contribution in [0.4, 0.5) is 17.5 Å². The predicted molar refractivity (Wildman–Crippen MR) is 141 cm³/mol. The Bertz CT molecular complexity index is 1300. The summed E-state index contributed by atoms with van der Waals surface area (Å²) in [6.45, 7) is 14.3. The largest absolute Gasteiger partial charge is 0.361 e. The van der Waals surface area contributed by atoms with Crippen molar-refractivity contribution in [3.8, 4) is 6.07 Å². The van der Waals surface area contributed by atoms with E-state index in [9.17, 15) is 5.26 Å². The molecule has 0 amide bonds. The topological polar surface area (TPSA) is 96.8 Å². The third-order valence-electron chi connectivity index (χ3n) is 7.61. The Hall–Kier alpha value is -2.90. The molecule has 1 saturated carbocycles. The van der Waals surface area contributed by atoms with Crippen molar-refractivity contribution in [2.24, 2.45) is 18.4 Å². The van der Waals surface area contributed by atoms with Crippen molar-refractivity contribution in [3.05, 3.63) is 23.7 Å². The number of nitrogens with one attached hydrogen (secondary N) is 1. The molecule has 2 aliphatic rings. The molecule has 1 N–H and O–H groups in total. The lowest BCUT2D eigenvalue weighted by atomic mass is 10.0. The van der Waals surface area contributed by atoms with E-state index in [1.165, 1.54) is 12.8 Å². The van der Waals surface area contributed by atoms with Gasteiger partial charge < -0.3 is 19.5 Å². The highest BCUT2D eigenvalue weighted by Crippen LogP contribution is 2.60. The first-order chi connectivity index (χ1) is 16.6. The summed E-state index contributed by atoms with van der Waals surface area (Å²) in [5, 5.41) is 18.6. The molecule has 2 unspecified atom stereocenters. The van der Waals surface area contributed by atoms with Crippen LogP contribution in [0.1, 0.15) is 31.0 Å². The summed E-state index contributed by atoms with van der Waals surface area (Å²) in [7, 11) is 0.716. The zero-order valence-corrected chi connectivity index (χ0v) is 22.7. The maximum absolute atomic E-state index is 10.00. The maximum Gasteiger partial charge on any atom is 0.231 e. The fourth-order valence-electron chi connectivity index (χ4n) is 5.32. The minimum Gasteiger partial charge on any atom is -0.361 e. The van der Waals surface area contributed by atoms with Crippen molar-refractivity contribution < 1.29 is 4.74 Å². The summed E-state index contributed by atoms with van der Waals surface area (Å²) >= 11 is 0. The van der Waals surface area contributed by atoms with Crippen LogP contribution in [0.5, 0.6) is 0 Å². The maximum atomic E-state index is 10.00. The Labute approximate surface area is 208 Å². The fourth-order valence-corrected chi connectivity index (χ4v) is 6.08. The van der Waals surface area contributed by atoms with Crippen molar-refractivity contribution in [3.63, 3.8) is 0 Å². The van der Waals surface area contributed by atoms with E-state index in [0.29, 0.717) is 36.2 Å². The molecule has 9 nitrogen and oxygen atoms in total. The highest BCUT2D eigenvalue weighted by atomic mass is 28.3. The lowest BCUT2D eigenvalue weighted by Gasteiger charge is -2.23. The molecule has 0 aromatic carbocycles. The Morgan fingerprint density at radius 1 is 1.29 bits per heavy atom. The summed E-state index contributed by atoms with van der Waals surface area (Å²) in [6, 6.07) is 3.48. The van der Waals surface area contributed by atoms with Crippen LogP contribution in [-0.2, 0) is 18.5 Å². The minimum absolute atomic E-state index is 0.367. The summed E-state index contributed by atoms with van der Waals surface area (Å²) in [6.07, 6.45) is 6.27. The van der Waals surface area contributed by atoms with Crippen LogP contribution in [0.3, 0.4) is 0 Å². The highest BCUT2D eigenvalue weighted by Gasteiger charge is 2.58. The number of hydrogen-bond donors (Lipinski definition) is 1. The van der Waals surface area contributed by atoms with E-state index >= 15 is 0 Å². The Morgan fingerprint density at radius 3 is 2.71 bits per heavy atom. The molecule has 1 saturated heterocycles. The zero-order valence-electron chi connectivity index (χ0n) is 21.7. The molecule has 1 aliphatic heterocycles. The predicted octanol–water partition coefficient (Wildman–Crippen LogP) is 4.64. The van der Waals surface area contributed by atoms with Gasteiger partial charge in [0, 0.05) is 47.2 Å². The van der Waals surface area contributed by atoms with Gasteiger partial charge in [0.25, 0.3) is 0 Å². The van der Waals surface area contributed by atoms with E-state index in [2.05, 4.69) is 47.9 Å². The summed E-state index contributed by atoms with van der Waals surface area (Å²) in [5.41, 5.74) is 3.49. The number of aromatic nitrogens is 5. The number of nitrogens with zero attached hydrogens (tertiary/aromatic N) is 7. The molecule has 0 spiro atoms. The van der Waals surface area contributed by atoms with Gasteiger partial charge in [0.15, 0.2) is 5.65 Å². The van der Waals surface area contributed by atoms with E-state index in [1.54, 1.807) is 4.68 Å². The van der Waals surface area contributed by atoms with E-state index in [4.69, 9.17) is 14.7 Å². The third kappa shape index (κ3) is 4.55. The SMILES string of the molecule is CCC12CC1CN(c1nc(Nc3cn(C)nc3C)nc3c1c(C#N)cn3COCC[Si](C)(C)C)C2. The van der Waals surface area contributed by atoms with Crippen LogP contribution >= 0.6 is 0 Å². The molecule has 3 aromatic rings. The molecule has 4 heterocycles. The van der Waals surface area contributed by atoms with Gasteiger partial charge in [0.2, 0.25) is 5.95 Å². The van der Waals surface area contributed by atoms with Crippen molar-refractivity contribution in [1.82, 2.24) is 24.3 Å². The lowest BCUT2D eigenvalue weighted by Crippen LogP contribution is -2.26. The number of fused-ring (bicyclic) bond motifs is 2. The average molecular weight is 493 g/mol. The standard InChI is InChI=1S/C25H36N8OSi/c1-7-25-10-19(25)13-32(15-25)22-21-18(11-26)12-33(16-34-8-9-35(4,5)6)23(21)29-24(28-22)27-20-14-31(3)30-17(20)2/h12,14,19H,7-10,13,15-16H2,1-6H3,(H,27,28,29). The number of hydrogen-bond acceptors (Lipinski definition) is 7. The molecule has 10 heteroatoms. The van der Waals surface area contributed by atoms with Gasteiger partial charge in [-0.15, -0.1) is 0 Å². The normalized spacial score (nSPS) is 21.4. The van der Waals surface area contributed by atoms with E-state index in [0.717, 1.165) is 47.4 Å². The molecule has 2 fully saturated rings. The van der Waals surface area contributed by atoms with Crippen LogP contribution < -0.4 is 10.2 Å². The molecule has 186 valence electrons. The number of rotatable bonds is 9. The van der Waals surface area contributed by atoms with Crippen LogP contribution in [0, 0.1) is 29.6 Å². The number of aryl methyl sites for hydroxylation is 2. The van der Waals surface area contributed by atoms with E-state index in [1.807, 2.05) is 30.9 Å². The van der Waals surface area contributed by atoms with Crippen LogP contribution in [0.25, 0.3) is 11.0 Å². The molecule has 35 heavy (non-hydrogen) atoms. The first-order valence-electron chi connectivity index (χ1n) is 12.5. The van der Waals surface area contributed by atoms with Crippen molar-refractivity contribution in [2.75, 3.05) is 29.9 Å². The van der Waals surface area contributed by atoms with Crippen LogP contribution in [0.2, 0.25) is 25.7 Å². The van der Waals surface area contributed by atoms with Crippen molar-refractivity contribution in [1.29, 1.82) is 5.26 Å². The Morgan fingerprint density at radius 2 is 2.09 bits per heavy atom. The zero-order chi connectivity index (χ0) is 25.0.